The highest BCUT2D eigenvalue weighted by Gasteiger charge is 2.50. The van der Waals surface area contributed by atoms with Gasteiger partial charge >= 0.3 is 17.7 Å². The Balaban J connectivity index is 1.03. The van der Waals surface area contributed by atoms with E-state index in [1.165, 1.54) is 65.5 Å². The molecule has 1 amide bonds. The zero-order chi connectivity index (χ0) is 59.5. The molecule has 5 aliphatic heterocycles. The Bertz CT molecular complexity index is 3430. The van der Waals surface area contributed by atoms with Crippen LogP contribution in [0, 0.1) is 55.2 Å². The summed E-state index contributed by atoms with van der Waals surface area (Å²) in [4.78, 5) is 68.6. The van der Waals surface area contributed by atoms with Crippen molar-refractivity contribution in [2.45, 2.75) is 131 Å². The number of esters is 1. The molecule has 0 spiro atoms. The number of hydrazone groups is 1. The van der Waals surface area contributed by atoms with Crippen molar-refractivity contribution in [3.05, 3.63) is 98.0 Å². The summed E-state index contributed by atoms with van der Waals surface area (Å²) in [7, 11) is 1.42. The van der Waals surface area contributed by atoms with E-state index in [0.29, 0.717) is 55.8 Å². The quantitative estimate of drug-likeness (QED) is 0.0381. The molecule has 20 nitrogen and oxygen atoms in total. The van der Waals surface area contributed by atoms with Crippen molar-refractivity contribution in [1.29, 1.82) is 0 Å². The van der Waals surface area contributed by atoms with E-state index in [0.717, 1.165) is 35.4 Å². The summed E-state index contributed by atoms with van der Waals surface area (Å²) in [5, 5.41) is 78.0. The first kappa shape index (κ1) is 59.1. The first-order valence-corrected chi connectivity index (χ1v) is 28.0. The lowest BCUT2D eigenvalue weighted by atomic mass is 9.78. The summed E-state index contributed by atoms with van der Waals surface area (Å²) in [6.45, 7) is 16.2. The van der Waals surface area contributed by atoms with Gasteiger partial charge in [0.05, 0.1) is 70.4 Å². The summed E-state index contributed by atoms with van der Waals surface area (Å²) >= 11 is 0. The number of Topliss-reactive ketones (excluding diaryl/α,β-unsaturated/α-hetero) is 1. The Labute approximate surface area is 474 Å². The highest BCUT2D eigenvalue weighted by atomic mass is 19.1. The van der Waals surface area contributed by atoms with E-state index in [9.17, 15) is 54.6 Å². The summed E-state index contributed by atoms with van der Waals surface area (Å²) in [6, 6.07) is 1.45. The van der Waals surface area contributed by atoms with Crippen LogP contribution in [0.5, 0.6) is 23.0 Å². The Morgan fingerprint density at radius 2 is 1.56 bits per heavy atom. The molecule has 2 saturated heterocycles. The minimum Gasteiger partial charge on any atom is -0.507 e. The van der Waals surface area contributed by atoms with E-state index in [-0.39, 0.29) is 67.8 Å². The Morgan fingerprint density at radius 3 is 2.21 bits per heavy atom. The maximum Gasteiger partial charge on any atom is 0.341 e. The molecule has 1 unspecified atom stereocenters. The fourth-order valence-electron chi connectivity index (χ4n) is 12.7. The number of aliphatic hydroxyl groups is 2. The Hall–Kier alpha value is -7.49. The van der Waals surface area contributed by atoms with Gasteiger partial charge in [0.2, 0.25) is 0 Å². The van der Waals surface area contributed by atoms with Gasteiger partial charge < -0.3 is 59.8 Å². The minimum atomic E-state index is -2.11. The van der Waals surface area contributed by atoms with Gasteiger partial charge in [0.25, 0.3) is 17.2 Å². The number of hydrogen-bond acceptors (Lipinski definition) is 17. The van der Waals surface area contributed by atoms with Crippen LogP contribution in [0.3, 0.4) is 0 Å². The number of pyridine rings is 2. The van der Waals surface area contributed by atoms with Crippen molar-refractivity contribution in [2.24, 2.45) is 40.6 Å². The number of phenols is 3. The van der Waals surface area contributed by atoms with Gasteiger partial charge in [-0.1, -0.05) is 45.9 Å². The number of amides is 1. The number of ketones is 1. The zero-order valence-corrected chi connectivity index (χ0v) is 47.9. The number of carboxylic acid groups (broad SMARTS) is 1. The van der Waals surface area contributed by atoms with Gasteiger partial charge in [-0.2, -0.15) is 5.10 Å². The molecular weight excluding hydrogens is 1060 g/mol. The number of benzene rings is 2. The number of allylic oxidation sites excluding steroid dienone is 2. The number of nitrogens with zero attached hydrogens (tertiary/aromatic N) is 4. The highest BCUT2D eigenvalue weighted by Crippen LogP contribution is 2.55. The number of phenolic OH excluding ortho intramolecular Hbond substituents is 3. The molecule has 82 heavy (non-hydrogen) atoms. The van der Waals surface area contributed by atoms with Crippen LogP contribution in [0.1, 0.15) is 129 Å². The zero-order valence-electron chi connectivity index (χ0n) is 47.9. The number of piperidine rings is 1. The van der Waals surface area contributed by atoms with Crippen molar-refractivity contribution in [2.75, 3.05) is 43.5 Å². The number of aliphatic hydroxyl groups excluding tert-OH is 2. The lowest BCUT2D eigenvalue weighted by molar-refractivity contribution is -0.160. The third kappa shape index (κ3) is 10.8. The number of halogens is 1. The molecule has 10 atom stereocenters. The lowest BCUT2D eigenvalue weighted by Gasteiger charge is -2.38. The normalized spacial score (nSPS) is 29.2. The molecule has 6 aliphatic rings. The first-order valence-electron chi connectivity index (χ1n) is 28.0. The van der Waals surface area contributed by atoms with Crippen LogP contribution in [0.25, 0.3) is 16.3 Å². The van der Waals surface area contributed by atoms with Crippen molar-refractivity contribution in [3.63, 3.8) is 0 Å². The maximum atomic E-state index is 16.2. The topological polar surface area (TPSA) is 279 Å². The van der Waals surface area contributed by atoms with Gasteiger partial charge in [-0.15, -0.1) is 0 Å². The molecule has 2 aromatic carbocycles. The minimum absolute atomic E-state index is 0.0133. The number of aromatic carboxylic acids is 1. The molecule has 10 rings (SSSR count). The number of carboxylic acids is 1. The van der Waals surface area contributed by atoms with Crippen molar-refractivity contribution < 1.29 is 73.2 Å². The number of fused-ring (bicyclic) bond motifs is 15. The number of aromatic hydroxyl groups is 3. The SMILES string of the molecule is CO[C@H]1/C=C/O[C@@]2(C)Oc3c(C)c(O)c4c(O)c(c(/C=N\N5CCC(C6CCN(c7c(F)cn8c(=O)c(C(=O)O)cc(C9CC9)c8c7C)C6)CC5)c(O)c4c3C2=O)NC(=O)/C(C)=C\C=C\[C@H](C)[C@H](O)[C@@H](C)[C@@H](O)[C@@H](C)[C@H](OC(C)=O)[C@@H]1C. The smallest absolute Gasteiger partial charge is 0.341 e. The predicted octanol–water partition coefficient (Wildman–Crippen LogP) is 7.96. The average molecular weight is 1140 g/mol. The molecule has 7 N–H and O–H groups in total. The fourth-order valence-corrected chi connectivity index (χ4v) is 12.7. The van der Waals surface area contributed by atoms with Gasteiger partial charge in [-0.05, 0) is 93.9 Å². The van der Waals surface area contributed by atoms with Crippen molar-refractivity contribution in [3.8, 4) is 23.0 Å². The molecule has 3 fully saturated rings. The Kier molecular flexibility index (Phi) is 16.6. The number of aryl methyl sites for hydroxylation is 1. The van der Waals surface area contributed by atoms with Gasteiger partial charge in [-0.3, -0.25) is 28.6 Å². The summed E-state index contributed by atoms with van der Waals surface area (Å²) in [5.41, 5.74) is 0.495. The average Bonchev–Trinajstić information content (AvgIpc) is 2.57. The summed E-state index contributed by atoms with van der Waals surface area (Å²) in [5.74, 6) is -10.4. The standard InChI is InChI=1S/C61H74FN5O15/c1-28-12-11-13-29(2)58(75)64-47-41(25-63-66-21-17-36(18-22-66)38-16-20-65(26-38)49-31(4)48-39(37-14-15-37)24-40(60(77)78)59(76)67(48)27-42(49)62)53(72)44-45(54(47)73)52(71)34(7)56-46(44)57(74)61(9,82-56)80-23-19-43(79-10)30(3)55(81-35(8)68)33(6)51(70)32(5)50(28)69/h11-13,19,23-25,27-28,30,32-33,36-38,43,50-51,55,69-73H,14-18,20-22,26H2,1-10H3,(H,64,75)(H,77,78)/b12-11+,23-19+,29-13-,63-25-/t28-,30+,32+,33+,38?,43-,50-,51+,55+,61-/m0/s1. The second kappa shape index (κ2) is 23.0. The van der Waals surface area contributed by atoms with Crippen molar-refractivity contribution in [1.82, 2.24) is 9.41 Å². The van der Waals surface area contributed by atoms with E-state index >= 15 is 4.39 Å². The molecule has 1 saturated carbocycles. The molecule has 7 heterocycles. The molecular formula is C61H74FN5O15. The molecule has 21 heteroatoms. The number of methoxy groups -OCH3 is 1. The van der Waals surface area contributed by atoms with Crippen LogP contribution in [0.2, 0.25) is 0 Å². The summed E-state index contributed by atoms with van der Waals surface area (Å²) in [6.07, 6.45) is 9.56. The van der Waals surface area contributed by atoms with E-state index in [1.807, 2.05) is 4.90 Å². The molecule has 2 aromatic heterocycles. The van der Waals surface area contributed by atoms with Gasteiger partial charge in [-0.25, -0.2) is 9.18 Å². The number of carbonyl (C=O) groups excluding carboxylic acids is 3. The predicted molar refractivity (Wildman–Crippen MR) is 303 cm³/mol. The summed E-state index contributed by atoms with van der Waals surface area (Å²) < 4.78 is 41.2. The largest absolute Gasteiger partial charge is 0.507 e. The van der Waals surface area contributed by atoms with Crippen LogP contribution in [0.4, 0.5) is 15.8 Å². The molecule has 5 bridgehead atoms. The number of rotatable bonds is 8. The number of ether oxygens (including phenoxy) is 4. The van der Waals surface area contributed by atoms with E-state index in [2.05, 4.69) is 5.32 Å². The number of anilines is 2. The third-order valence-corrected chi connectivity index (χ3v) is 17.8. The van der Waals surface area contributed by atoms with Crippen molar-refractivity contribution >= 4 is 57.5 Å². The van der Waals surface area contributed by atoms with Crippen LogP contribution < -0.4 is 20.5 Å². The molecule has 1 aliphatic carbocycles. The maximum absolute atomic E-state index is 16.2. The number of carbonyl (C=O) groups is 4. The van der Waals surface area contributed by atoms with Gasteiger partial charge in [0.1, 0.15) is 28.9 Å². The van der Waals surface area contributed by atoms with Crippen LogP contribution in [0.15, 0.2) is 58.3 Å². The third-order valence-electron chi connectivity index (χ3n) is 17.8. The van der Waals surface area contributed by atoms with E-state index < -0.39 is 106 Å². The molecule has 4 aromatic rings. The number of nitrogens with one attached hydrogen (secondary N) is 1. The molecule has 440 valence electrons. The van der Waals surface area contributed by atoms with Crippen LogP contribution in [-0.2, 0) is 23.8 Å². The second-order valence-corrected chi connectivity index (χ2v) is 23.2. The van der Waals surface area contributed by atoms with Gasteiger partial charge in [0.15, 0.2) is 11.6 Å². The Morgan fingerprint density at radius 1 is 0.878 bits per heavy atom. The van der Waals surface area contributed by atoms with Crippen LogP contribution in [-0.4, -0.2) is 133 Å². The highest BCUT2D eigenvalue weighted by molar-refractivity contribution is 6.24. The second-order valence-electron chi connectivity index (χ2n) is 23.2. The first-order chi connectivity index (χ1) is 38.8. The number of aromatic nitrogens is 1. The monoisotopic (exact) mass is 1140 g/mol. The molecule has 0 radical (unpaired) electrons. The van der Waals surface area contributed by atoms with Gasteiger partial charge in [0, 0.05) is 87.3 Å². The fraction of sp³-hybridized carbons (Fsp3) is 0.508. The van der Waals surface area contributed by atoms with E-state index in [4.69, 9.17) is 24.0 Å². The lowest BCUT2D eigenvalue weighted by Crippen LogP contribution is -2.46. The number of hydrogen-bond donors (Lipinski definition) is 7. The van der Waals surface area contributed by atoms with Crippen LogP contribution >= 0.6 is 0 Å². The van der Waals surface area contributed by atoms with E-state index in [1.54, 1.807) is 51.8 Å².